The number of hydrogen-bond donors (Lipinski definition) is 0. The summed E-state index contributed by atoms with van der Waals surface area (Å²) >= 11 is 13.8. The van der Waals surface area contributed by atoms with Gasteiger partial charge in [-0.15, -0.1) is 0 Å². The van der Waals surface area contributed by atoms with E-state index < -0.39 is 0 Å². The highest BCUT2D eigenvalue weighted by Gasteiger charge is 2.19. The summed E-state index contributed by atoms with van der Waals surface area (Å²) in [5.41, 5.74) is 1.46. The van der Waals surface area contributed by atoms with Crippen LogP contribution in [0.4, 0.5) is 5.95 Å². The minimum Gasteiger partial charge on any atom is -0.338 e. The van der Waals surface area contributed by atoms with Crippen molar-refractivity contribution in [2.45, 2.75) is 23.7 Å². The molecule has 0 amide bonds. The summed E-state index contributed by atoms with van der Waals surface area (Å²) in [7, 11) is 2.13. The summed E-state index contributed by atoms with van der Waals surface area (Å²) in [6.07, 6.45) is 2.43. The van der Waals surface area contributed by atoms with Gasteiger partial charge in [-0.25, -0.2) is 15.0 Å². The lowest BCUT2D eigenvalue weighted by atomic mass is 10.1. The molecule has 156 valence electrons. The van der Waals surface area contributed by atoms with Crippen LogP contribution < -0.4 is 4.90 Å². The average Bonchev–Trinajstić information content (AvgIpc) is 2.76. The number of rotatable bonds is 5. The fourth-order valence-corrected chi connectivity index (χ4v) is 4.14. The second kappa shape index (κ2) is 9.43. The predicted octanol–water partition coefficient (Wildman–Crippen LogP) is 4.10. The molecule has 4 rings (SSSR count). The number of halogens is 2. The Labute approximate surface area is 189 Å². The molecule has 30 heavy (non-hydrogen) atoms. The molecule has 0 spiro atoms. The summed E-state index contributed by atoms with van der Waals surface area (Å²) in [6.45, 7) is 5.80. The molecule has 1 aliphatic heterocycles. The van der Waals surface area contributed by atoms with E-state index in [1.165, 1.54) is 11.8 Å². The Balaban J connectivity index is 1.61. The lowest BCUT2D eigenvalue weighted by Crippen LogP contribution is -2.45. The Morgan fingerprint density at radius 2 is 1.77 bits per heavy atom. The molecule has 3 heterocycles. The number of anilines is 1. The summed E-state index contributed by atoms with van der Waals surface area (Å²) < 4.78 is 0. The molecule has 0 unspecified atom stereocenters. The van der Waals surface area contributed by atoms with Gasteiger partial charge < -0.3 is 9.80 Å². The molecule has 0 aliphatic carbocycles. The summed E-state index contributed by atoms with van der Waals surface area (Å²) in [5, 5.41) is 2.31. The Morgan fingerprint density at radius 1 is 0.967 bits per heavy atom. The third kappa shape index (κ3) is 5.00. The van der Waals surface area contributed by atoms with Crippen LogP contribution in [0, 0.1) is 0 Å². The van der Waals surface area contributed by atoms with Crippen LogP contribution in [-0.4, -0.2) is 63.0 Å². The largest absolute Gasteiger partial charge is 0.338 e. The van der Waals surface area contributed by atoms with Gasteiger partial charge in [-0.1, -0.05) is 30.1 Å². The van der Waals surface area contributed by atoms with Gasteiger partial charge in [0.05, 0.1) is 10.7 Å². The topological polar surface area (TPSA) is 70.9 Å². The number of piperazine rings is 1. The van der Waals surface area contributed by atoms with Gasteiger partial charge in [0.25, 0.3) is 0 Å². The SMILES string of the molecule is CCc1nc(Sc2nccc(-c3cc(Cl)ccc3Cl)n2)nc(N2CCN(C)CC2)n1. The van der Waals surface area contributed by atoms with Crippen LogP contribution in [0.5, 0.6) is 0 Å². The molecule has 1 saturated heterocycles. The Morgan fingerprint density at radius 3 is 2.53 bits per heavy atom. The van der Waals surface area contributed by atoms with Crippen LogP contribution in [0.25, 0.3) is 11.3 Å². The third-order valence-corrected chi connectivity index (χ3v) is 6.08. The van der Waals surface area contributed by atoms with Crippen molar-refractivity contribution >= 4 is 40.9 Å². The molecule has 0 bridgehead atoms. The van der Waals surface area contributed by atoms with Gasteiger partial charge in [0, 0.05) is 49.4 Å². The Hall–Kier alpha value is -2.00. The minimum atomic E-state index is 0.543. The second-order valence-corrected chi connectivity index (χ2v) is 8.71. The minimum absolute atomic E-state index is 0.543. The number of likely N-dealkylation sites (N-methyl/N-ethyl adjacent to an activating group) is 1. The van der Waals surface area contributed by atoms with Gasteiger partial charge in [-0.05, 0) is 43.1 Å². The van der Waals surface area contributed by atoms with Crippen LogP contribution in [0.3, 0.4) is 0 Å². The van der Waals surface area contributed by atoms with Gasteiger partial charge in [0.1, 0.15) is 5.82 Å². The molecule has 0 radical (unpaired) electrons. The van der Waals surface area contributed by atoms with Crippen LogP contribution in [0.1, 0.15) is 12.7 Å². The van der Waals surface area contributed by atoms with Crippen LogP contribution in [-0.2, 0) is 6.42 Å². The van der Waals surface area contributed by atoms with Gasteiger partial charge >= 0.3 is 0 Å². The quantitative estimate of drug-likeness (QED) is 0.525. The van der Waals surface area contributed by atoms with E-state index in [0.717, 1.165) is 44.0 Å². The van der Waals surface area contributed by atoms with Gasteiger partial charge in [0.15, 0.2) is 5.16 Å². The van der Waals surface area contributed by atoms with Crippen molar-refractivity contribution in [2.75, 3.05) is 38.1 Å². The van der Waals surface area contributed by atoms with E-state index in [-0.39, 0.29) is 0 Å². The highest BCUT2D eigenvalue weighted by atomic mass is 35.5. The smallest absolute Gasteiger partial charge is 0.229 e. The second-order valence-electron chi connectivity index (χ2n) is 6.93. The highest BCUT2D eigenvalue weighted by molar-refractivity contribution is 7.99. The van der Waals surface area contributed by atoms with E-state index in [2.05, 4.69) is 41.8 Å². The zero-order valence-corrected chi connectivity index (χ0v) is 19.0. The molecular formula is C20H21Cl2N7S. The maximum absolute atomic E-state index is 6.33. The fraction of sp³-hybridized carbons (Fsp3) is 0.350. The lowest BCUT2D eigenvalue weighted by molar-refractivity contribution is 0.310. The van der Waals surface area contributed by atoms with Gasteiger partial charge in [-0.2, -0.15) is 9.97 Å². The van der Waals surface area contributed by atoms with E-state index in [4.69, 9.17) is 23.2 Å². The first-order valence-electron chi connectivity index (χ1n) is 9.66. The average molecular weight is 462 g/mol. The van der Waals surface area contributed by atoms with Crippen molar-refractivity contribution in [1.82, 2.24) is 29.8 Å². The molecule has 1 fully saturated rings. The molecule has 7 nitrogen and oxygen atoms in total. The molecule has 0 N–H and O–H groups in total. The van der Waals surface area contributed by atoms with Crippen LogP contribution in [0.15, 0.2) is 40.8 Å². The van der Waals surface area contributed by atoms with Crippen molar-refractivity contribution in [1.29, 1.82) is 0 Å². The van der Waals surface area contributed by atoms with Crippen LogP contribution in [0.2, 0.25) is 10.0 Å². The van der Waals surface area contributed by atoms with E-state index >= 15 is 0 Å². The van der Waals surface area contributed by atoms with Gasteiger partial charge in [0.2, 0.25) is 11.1 Å². The number of aromatic nitrogens is 5. The normalized spacial score (nSPS) is 14.9. The zero-order chi connectivity index (χ0) is 21.1. The maximum atomic E-state index is 6.33. The van der Waals surface area contributed by atoms with E-state index in [1.807, 2.05) is 13.0 Å². The molecular weight excluding hydrogens is 441 g/mol. The number of nitrogens with zero attached hydrogens (tertiary/aromatic N) is 7. The van der Waals surface area contributed by atoms with Crippen LogP contribution >= 0.6 is 35.0 Å². The number of benzene rings is 1. The first kappa shape index (κ1) is 21.2. The Kier molecular flexibility index (Phi) is 6.67. The first-order valence-corrected chi connectivity index (χ1v) is 11.2. The number of hydrogen-bond acceptors (Lipinski definition) is 8. The third-order valence-electron chi connectivity index (χ3n) is 4.77. The molecule has 1 aromatic carbocycles. The number of aryl methyl sites for hydroxylation is 1. The molecule has 0 saturated carbocycles. The molecule has 2 aromatic heterocycles. The molecule has 10 heteroatoms. The molecule has 0 atom stereocenters. The van der Waals surface area contributed by atoms with Crippen molar-refractivity contribution in [3.63, 3.8) is 0 Å². The summed E-state index contributed by atoms with van der Waals surface area (Å²) in [5.74, 6) is 1.47. The van der Waals surface area contributed by atoms with Crippen molar-refractivity contribution < 1.29 is 0 Å². The van der Waals surface area contributed by atoms with E-state index in [0.29, 0.717) is 32.0 Å². The van der Waals surface area contributed by atoms with Crippen molar-refractivity contribution in [3.8, 4) is 11.3 Å². The standard InChI is InChI=1S/C20H21Cl2N7S/c1-3-17-25-18(29-10-8-28(2)9-11-29)27-20(26-17)30-19-23-7-6-16(24-19)14-12-13(21)4-5-15(14)22/h4-7,12H,3,8-11H2,1-2H3. The molecule has 3 aromatic rings. The maximum Gasteiger partial charge on any atom is 0.229 e. The highest BCUT2D eigenvalue weighted by Crippen LogP contribution is 2.31. The first-order chi connectivity index (χ1) is 14.5. The Bertz CT molecular complexity index is 1040. The molecule has 1 aliphatic rings. The summed E-state index contributed by atoms with van der Waals surface area (Å²) in [4.78, 5) is 27.4. The van der Waals surface area contributed by atoms with Crippen molar-refractivity contribution in [3.05, 3.63) is 46.3 Å². The fourth-order valence-electron chi connectivity index (χ4n) is 3.05. The van der Waals surface area contributed by atoms with Crippen molar-refractivity contribution in [2.24, 2.45) is 0 Å². The monoisotopic (exact) mass is 461 g/mol. The lowest BCUT2D eigenvalue weighted by Gasteiger charge is -2.32. The predicted molar refractivity (Wildman–Crippen MR) is 121 cm³/mol. The van der Waals surface area contributed by atoms with E-state index in [9.17, 15) is 0 Å². The van der Waals surface area contributed by atoms with E-state index in [1.54, 1.807) is 24.4 Å². The zero-order valence-electron chi connectivity index (χ0n) is 16.7. The summed E-state index contributed by atoms with van der Waals surface area (Å²) in [6, 6.07) is 7.11. The van der Waals surface area contributed by atoms with Gasteiger partial charge in [-0.3, -0.25) is 0 Å².